The first-order valence-electron chi connectivity index (χ1n) is 5.66. The van der Waals surface area contributed by atoms with Gasteiger partial charge in [0, 0.05) is 13.8 Å². The highest BCUT2D eigenvalue weighted by Gasteiger charge is 2.08. The van der Waals surface area contributed by atoms with Crippen molar-refractivity contribution in [3.63, 3.8) is 0 Å². The molecule has 0 aromatic rings. The molecule has 0 bridgehead atoms. The largest absolute Gasteiger partial charge is 0.460 e. The molecule has 0 unspecified atom stereocenters. The molecule has 16 heavy (non-hydrogen) atoms. The van der Waals surface area contributed by atoms with E-state index in [9.17, 15) is 9.59 Å². The lowest BCUT2D eigenvalue weighted by Gasteiger charge is -2.18. The van der Waals surface area contributed by atoms with Crippen molar-refractivity contribution >= 4 is 11.9 Å². The Labute approximate surface area is 96.7 Å². The molecule has 0 saturated carbocycles. The lowest BCUT2D eigenvalue weighted by atomic mass is 10.4. The van der Waals surface area contributed by atoms with Gasteiger partial charge in [0.25, 0.3) is 0 Å². The Kier molecular flexibility index (Phi) is 8.52. The van der Waals surface area contributed by atoms with Crippen LogP contribution in [0, 0.1) is 0 Å². The van der Waals surface area contributed by atoms with Gasteiger partial charge in [0.15, 0.2) is 0 Å². The highest BCUT2D eigenvalue weighted by molar-refractivity contribution is 5.66. The zero-order valence-electron chi connectivity index (χ0n) is 10.4. The summed E-state index contributed by atoms with van der Waals surface area (Å²) in [4.78, 5) is 22.5. The second kappa shape index (κ2) is 9.15. The number of carbonyl (C=O) groups is 2. The average molecular weight is 232 g/mol. The van der Waals surface area contributed by atoms with Crippen molar-refractivity contribution in [2.75, 3.05) is 32.8 Å². The number of nitrogens with one attached hydrogen (secondary N) is 1. The first kappa shape index (κ1) is 14.9. The highest BCUT2D eigenvalue weighted by atomic mass is 16.5. The molecule has 0 rings (SSSR count). The molecular formula is C11H22NO4+. The van der Waals surface area contributed by atoms with E-state index in [2.05, 4.69) is 6.92 Å². The molecule has 0 atom stereocenters. The summed E-state index contributed by atoms with van der Waals surface area (Å²) >= 11 is 0. The first-order valence-corrected chi connectivity index (χ1v) is 5.66. The van der Waals surface area contributed by atoms with Crippen LogP contribution in [-0.4, -0.2) is 44.8 Å². The van der Waals surface area contributed by atoms with Crippen LogP contribution in [0.1, 0.15) is 27.2 Å². The molecule has 0 radical (unpaired) electrons. The van der Waals surface area contributed by atoms with E-state index in [1.165, 1.54) is 18.7 Å². The van der Waals surface area contributed by atoms with Gasteiger partial charge in [-0.15, -0.1) is 0 Å². The smallest absolute Gasteiger partial charge is 0.302 e. The van der Waals surface area contributed by atoms with Crippen LogP contribution in [0.4, 0.5) is 0 Å². The lowest BCUT2D eigenvalue weighted by molar-refractivity contribution is -0.900. The molecule has 0 spiro atoms. The van der Waals surface area contributed by atoms with Crippen molar-refractivity contribution in [2.24, 2.45) is 0 Å². The quantitative estimate of drug-likeness (QED) is 0.568. The fraction of sp³-hybridized carbons (Fsp3) is 0.818. The average Bonchev–Trinajstić information content (AvgIpc) is 2.16. The minimum Gasteiger partial charge on any atom is -0.460 e. The fourth-order valence-corrected chi connectivity index (χ4v) is 1.41. The van der Waals surface area contributed by atoms with Crippen LogP contribution >= 0.6 is 0 Å². The van der Waals surface area contributed by atoms with Crippen LogP contribution < -0.4 is 4.90 Å². The summed E-state index contributed by atoms with van der Waals surface area (Å²) in [5, 5.41) is 0. The van der Waals surface area contributed by atoms with Gasteiger partial charge >= 0.3 is 11.9 Å². The van der Waals surface area contributed by atoms with Gasteiger partial charge in [0.1, 0.15) is 26.3 Å². The number of quaternary nitrogens is 1. The maximum absolute atomic E-state index is 10.6. The predicted molar refractivity (Wildman–Crippen MR) is 59.1 cm³/mol. The molecule has 5 nitrogen and oxygen atoms in total. The third-order valence-electron chi connectivity index (χ3n) is 2.13. The maximum Gasteiger partial charge on any atom is 0.302 e. The number of ether oxygens (including phenoxy) is 2. The molecule has 0 saturated heterocycles. The summed E-state index contributed by atoms with van der Waals surface area (Å²) < 4.78 is 9.76. The van der Waals surface area contributed by atoms with E-state index in [-0.39, 0.29) is 11.9 Å². The van der Waals surface area contributed by atoms with Crippen LogP contribution in [0.25, 0.3) is 0 Å². The van der Waals surface area contributed by atoms with Crippen molar-refractivity contribution in [3.05, 3.63) is 0 Å². The Morgan fingerprint density at radius 3 is 1.69 bits per heavy atom. The van der Waals surface area contributed by atoms with Crippen LogP contribution in [0.3, 0.4) is 0 Å². The Balaban J connectivity index is 3.69. The lowest BCUT2D eigenvalue weighted by Crippen LogP contribution is -3.13. The molecule has 0 aliphatic heterocycles. The maximum atomic E-state index is 10.6. The zero-order valence-corrected chi connectivity index (χ0v) is 10.4. The van der Waals surface area contributed by atoms with Crippen LogP contribution in [0.15, 0.2) is 0 Å². The van der Waals surface area contributed by atoms with Crippen LogP contribution in [0.2, 0.25) is 0 Å². The van der Waals surface area contributed by atoms with E-state index >= 15 is 0 Å². The molecule has 0 aromatic carbocycles. The van der Waals surface area contributed by atoms with Crippen molar-refractivity contribution in [1.29, 1.82) is 0 Å². The van der Waals surface area contributed by atoms with Gasteiger partial charge in [0.05, 0.1) is 6.54 Å². The second-order valence-electron chi connectivity index (χ2n) is 3.68. The third-order valence-corrected chi connectivity index (χ3v) is 2.13. The van der Waals surface area contributed by atoms with Gasteiger partial charge in [-0.05, 0) is 6.42 Å². The van der Waals surface area contributed by atoms with E-state index in [0.717, 1.165) is 26.1 Å². The van der Waals surface area contributed by atoms with Crippen molar-refractivity contribution < 1.29 is 24.0 Å². The summed E-state index contributed by atoms with van der Waals surface area (Å²) in [5.74, 6) is -0.508. The Hall–Kier alpha value is -1.10. The molecule has 0 aliphatic carbocycles. The van der Waals surface area contributed by atoms with Crippen molar-refractivity contribution in [1.82, 2.24) is 0 Å². The van der Waals surface area contributed by atoms with Gasteiger partial charge in [-0.1, -0.05) is 6.92 Å². The Morgan fingerprint density at radius 1 is 0.938 bits per heavy atom. The molecule has 0 heterocycles. The number of rotatable bonds is 8. The summed E-state index contributed by atoms with van der Waals surface area (Å²) in [6, 6.07) is 0. The minimum atomic E-state index is -0.254. The fourth-order valence-electron chi connectivity index (χ4n) is 1.41. The monoisotopic (exact) mass is 232 g/mol. The molecule has 94 valence electrons. The molecule has 0 aliphatic rings. The number of carbonyl (C=O) groups excluding carboxylic acids is 2. The van der Waals surface area contributed by atoms with E-state index in [1.807, 2.05) is 0 Å². The number of hydrogen-bond acceptors (Lipinski definition) is 4. The standard InChI is InChI=1S/C11H21NO4/c1-4-5-12(6-8-15-10(2)13)7-9-16-11(3)14/h4-9H2,1-3H3/p+1. The molecule has 0 amide bonds. The third kappa shape index (κ3) is 9.45. The van der Waals surface area contributed by atoms with E-state index in [4.69, 9.17) is 9.47 Å². The second-order valence-corrected chi connectivity index (χ2v) is 3.68. The van der Waals surface area contributed by atoms with E-state index < -0.39 is 0 Å². The highest BCUT2D eigenvalue weighted by Crippen LogP contribution is 1.75. The van der Waals surface area contributed by atoms with Gasteiger partial charge < -0.3 is 14.4 Å². The van der Waals surface area contributed by atoms with Crippen molar-refractivity contribution in [3.8, 4) is 0 Å². The molecule has 0 aromatic heterocycles. The zero-order chi connectivity index (χ0) is 12.4. The van der Waals surface area contributed by atoms with E-state index in [1.54, 1.807) is 0 Å². The molecular weight excluding hydrogens is 210 g/mol. The summed E-state index contributed by atoms with van der Waals surface area (Å²) in [7, 11) is 0. The van der Waals surface area contributed by atoms with Gasteiger partial charge in [-0.25, -0.2) is 0 Å². The van der Waals surface area contributed by atoms with Gasteiger partial charge in [0.2, 0.25) is 0 Å². The topological polar surface area (TPSA) is 57.0 Å². The number of hydrogen-bond donors (Lipinski definition) is 1. The normalized spacial score (nSPS) is 10.2. The van der Waals surface area contributed by atoms with Crippen LogP contribution in [0.5, 0.6) is 0 Å². The Bertz CT molecular complexity index is 198. The SMILES string of the molecule is CCC[NH+](CCOC(C)=O)CCOC(C)=O. The van der Waals surface area contributed by atoms with Gasteiger partial charge in [-0.3, -0.25) is 9.59 Å². The molecule has 0 fully saturated rings. The summed E-state index contributed by atoms with van der Waals surface area (Å²) in [6.07, 6.45) is 1.05. The van der Waals surface area contributed by atoms with Gasteiger partial charge in [-0.2, -0.15) is 0 Å². The number of esters is 2. The van der Waals surface area contributed by atoms with Crippen LogP contribution in [-0.2, 0) is 19.1 Å². The first-order chi connectivity index (χ1) is 7.56. The summed E-state index contributed by atoms with van der Waals surface area (Å²) in [6.45, 7) is 8.25. The van der Waals surface area contributed by atoms with Crippen molar-refractivity contribution in [2.45, 2.75) is 27.2 Å². The minimum absolute atomic E-state index is 0.254. The molecule has 5 heteroatoms. The predicted octanol–water partition coefficient (Wildman–Crippen LogP) is -0.592. The molecule has 1 N–H and O–H groups in total. The van der Waals surface area contributed by atoms with E-state index in [0.29, 0.717) is 13.2 Å². The summed E-state index contributed by atoms with van der Waals surface area (Å²) in [5.41, 5.74) is 0. The Morgan fingerprint density at radius 2 is 1.38 bits per heavy atom.